The van der Waals surface area contributed by atoms with Gasteiger partial charge in [0.25, 0.3) is 0 Å². The molecule has 0 saturated carbocycles. The highest BCUT2D eigenvalue weighted by atomic mass is 32.2. The maximum Gasteiger partial charge on any atom is 0.177 e. The number of hydrogen-bond donors (Lipinski definition) is 2. The second-order valence-corrected chi connectivity index (χ2v) is 6.46. The molecule has 2 aliphatic rings. The second kappa shape index (κ2) is 4.84. The molecule has 1 spiro atoms. The molecule has 2 atom stereocenters. The molecule has 4 nitrogen and oxygen atoms in total. The first kappa shape index (κ1) is 11.4. The first-order valence-electron chi connectivity index (χ1n) is 5.16. The van der Waals surface area contributed by atoms with E-state index >= 15 is 0 Å². The molecule has 0 amide bonds. The van der Waals surface area contributed by atoms with Gasteiger partial charge in [0.2, 0.25) is 0 Å². The Morgan fingerprint density at radius 1 is 1.60 bits per heavy atom. The van der Waals surface area contributed by atoms with E-state index in [0.29, 0.717) is 10.4 Å². The lowest BCUT2D eigenvalue weighted by molar-refractivity contribution is -0.0561. The summed E-state index contributed by atoms with van der Waals surface area (Å²) in [6, 6.07) is 0. The molecule has 2 heterocycles. The van der Waals surface area contributed by atoms with Crippen LogP contribution in [0.4, 0.5) is 0 Å². The Bertz CT molecular complexity index is 254. The van der Waals surface area contributed by atoms with E-state index in [9.17, 15) is 0 Å². The van der Waals surface area contributed by atoms with Crippen molar-refractivity contribution in [3.05, 3.63) is 0 Å². The predicted octanol–water partition coefficient (Wildman–Crippen LogP) is 0.963. The van der Waals surface area contributed by atoms with Crippen molar-refractivity contribution in [1.29, 1.82) is 0 Å². The van der Waals surface area contributed by atoms with Crippen LogP contribution in [-0.2, 0) is 4.74 Å². The molecule has 2 saturated heterocycles. The molecule has 0 aromatic carbocycles. The summed E-state index contributed by atoms with van der Waals surface area (Å²) in [5, 5.41) is 4.52. The fraction of sp³-hybridized carbons (Fsp3) is 0.889. The van der Waals surface area contributed by atoms with E-state index in [-0.39, 0.29) is 5.60 Å². The summed E-state index contributed by atoms with van der Waals surface area (Å²) in [4.78, 5) is 0. The zero-order valence-electron chi connectivity index (χ0n) is 8.65. The fourth-order valence-corrected chi connectivity index (χ4v) is 4.53. The zero-order valence-corrected chi connectivity index (χ0v) is 10.3. The standard InChI is InChI=1S/C9H17N3OS2/c10-8(12-11)15-7-1-3-13-9(5-7)2-4-14-6-9/h7H,1-6,11H2,(H2,10,12). The first-order chi connectivity index (χ1) is 7.24. The Morgan fingerprint density at radius 2 is 2.47 bits per heavy atom. The van der Waals surface area contributed by atoms with E-state index < -0.39 is 0 Å². The Labute approximate surface area is 98.6 Å². The van der Waals surface area contributed by atoms with Crippen molar-refractivity contribution in [3.63, 3.8) is 0 Å². The van der Waals surface area contributed by atoms with Gasteiger partial charge in [-0.05, 0) is 25.0 Å². The van der Waals surface area contributed by atoms with E-state index in [1.165, 1.54) is 12.2 Å². The van der Waals surface area contributed by atoms with Crippen LogP contribution in [0, 0.1) is 0 Å². The molecule has 0 radical (unpaired) electrons. The third kappa shape index (κ3) is 2.73. The Balaban J connectivity index is 1.92. The molecule has 6 heteroatoms. The topological polar surface area (TPSA) is 73.6 Å². The molecule has 2 rings (SSSR count). The van der Waals surface area contributed by atoms with Crippen LogP contribution in [0.3, 0.4) is 0 Å². The van der Waals surface area contributed by atoms with Gasteiger partial charge in [0.15, 0.2) is 5.17 Å². The highest BCUT2D eigenvalue weighted by molar-refractivity contribution is 8.14. The minimum absolute atomic E-state index is 0.120. The van der Waals surface area contributed by atoms with Gasteiger partial charge >= 0.3 is 0 Å². The van der Waals surface area contributed by atoms with Crippen molar-refractivity contribution < 1.29 is 4.74 Å². The van der Waals surface area contributed by atoms with E-state index in [1.807, 2.05) is 11.8 Å². The smallest absolute Gasteiger partial charge is 0.177 e. The lowest BCUT2D eigenvalue weighted by atomic mass is 9.93. The van der Waals surface area contributed by atoms with Crippen molar-refractivity contribution in [2.24, 2.45) is 16.7 Å². The molecule has 0 aromatic rings. The van der Waals surface area contributed by atoms with Crippen LogP contribution in [0.2, 0.25) is 0 Å². The maximum absolute atomic E-state index is 5.93. The molecule has 15 heavy (non-hydrogen) atoms. The first-order valence-corrected chi connectivity index (χ1v) is 7.19. The van der Waals surface area contributed by atoms with Gasteiger partial charge in [-0.2, -0.15) is 16.9 Å². The zero-order chi connectivity index (χ0) is 10.7. The molecule has 4 N–H and O–H groups in total. The second-order valence-electron chi connectivity index (χ2n) is 4.03. The van der Waals surface area contributed by atoms with Crippen LogP contribution in [0.25, 0.3) is 0 Å². The largest absolute Gasteiger partial charge is 0.377 e. The van der Waals surface area contributed by atoms with Gasteiger partial charge in [0.1, 0.15) is 0 Å². The molecule has 0 aliphatic carbocycles. The number of rotatable bonds is 1. The van der Waals surface area contributed by atoms with Crippen LogP contribution in [0.1, 0.15) is 19.3 Å². The molecule has 2 aliphatic heterocycles. The summed E-state index contributed by atoms with van der Waals surface area (Å²) in [6.45, 7) is 0.843. The van der Waals surface area contributed by atoms with Crippen molar-refractivity contribution in [1.82, 2.24) is 0 Å². The Kier molecular flexibility index (Phi) is 3.69. The van der Waals surface area contributed by atoms with Gasteiger partial charge in [-0.1, -0.05) is 11.8 Å². The van der Waals surface area contributed by atoms with E-state index in [1.54, 1.807) is 11.8 Å². The van der Waals surface area contributed by atoms with E-state index in [4.69, 9.17) is 16.3 Å². The van der Waals surface area contributed by atoms with E-state index in [0.717, 1.165) is 25.2 Å². The van der Waals surface area contributed by atoms with Crippen LogP contribution < -0.4 is 11.6 Å². The molecule has 86 valence electrons. The minimum Gasteiger partial charge on any atom is -0.377 e. The quantitative estimate of drug-likeness (QED) is 0.312. The molecule has 2 unspecified atom stereocenters. The van der Waals surface area contributed by atoms with Gasteiger partial charge in [0, 0.05) is 17.6 Å². The average molecular weight is 247 g/mol. The summed E-state index contributed by atoms with van der Waals surface area (Å²) < 4.78 is 5.93. The minimum atomic E-state index is 0.120. The summed E-state index contributed by atoms with van der Waals surface area (Å²) in [5.41, 5.74) is 5.75. The third-order valence-electron chi connectivity index (χ3n) is 2.93. The van der Waals surface area contributed by atoms with Gasteiger partial charge in [-0.3, -0.25) is 0 Å². The van der Waals surface area contributed by atoms with Crippen molar-refractivity contribution in [3.8, 4) is 0 Å². The number of nitrogens with two attached hydrogens (primary N) is 2. The van der Waals surface area contributed by atoms with Crippen LogP contribution in [0.15, 0.2) is 5.10 Å². The number of ether oxygens (including phenoxy) is 1. The summed E-state index contributed by atoms with van der Waals surface area (Å²) in [7, 11) is 0. The molecular formula is C9H17N3OS2. The summed E-state index contributed by atoms with van der Waals surface area (Å²) >= 11 is 3.58. The molecule has 0 bridgehead atoms. The average Bonchev–Trinajstić information content (AvgIpc) is 2.66. The Morgan fingerprint density at radius 3 is 3.13 bits per heavy atom. The van der Waals surface area contributed by atoms with Crippen LogP contribution in [-0.4, -0.2) is 34.1 Å². The number of hydrazone groups is 1. The SMILES string of the molecule is NN=C(N)SC1CCOC2(CCSC2)C1. The predicted molar refractivity (Wildman–Crippen MR) is 67.0 cm³/mol. The normalized spacial score (nSPS) is 37.3. The van der Waals surface area contributed by atoms with Crippen LogP contribution >= 0.6 is 23.5 Å². The Hall–Kier alpha value is -0.0700. The van der Waals surface area contributed by atoms with Crippen LogP contribution in [0.5, 0.6) is 0 Å². The highest BCUT2D eigenvalue weighted by Crippen LogP contribution is 2.41. The number of nitrogens with zero attached hydrogens (tertiary/aromatic N) is 1. The van der Waals surface area contributed by atoms with Gasteiger partial charge in [0.05, 0.1) is 5.60 Å². The molecular weight excluding hydrogens is 230 g/mol. The number of thioether (sulfide) groups is 2. The monoisotopic (exact) mass is 247 g/mol. The van der Waals surface area contributed by atoms with Crippen molar-refractivity contribution in [2.45, 2.75) is 30.1 Å². The lowest BCUT2D eigenvalue weighted by Gasteiger charge is -2.37. The summed E-state index contributed by atoms with van der Waals surface area (Å²) in [5.74, 6) is 7.49. The number of amidine groups is 1. The highest BCUT2D eigenvalue weighted by Gasteiger charge is 2.40. The van der Waals surface area contributed by atoms with Gasteiger partial charge < -0.3 is 16.3 Å². The van der Waals surface area contributed by atoms with E-state index in [2.05, 4.69) is 5.10 Å². The third-order valence-corrected chi connectivity index (χ3v) is 5.24. The fourth-order valence-electron chi connectivity index (χ4n) is 2.15. The molecule has 2 fully saturated rings. The van der Waals surface area contributed by atoms with Crippen molar-refractivity contribution in [2.75, 3.05) is 18.1 Å². The van der Waals surface area contributed by atoms with Crippen molar-refractivity contribution >= 4 is 28.7 Å². The van der Waals surface area contributed by atoms with Gasteiger partial charge in [-0.15, -0.1) is 0 Å². The lowest BCUT2D eigenvalue weighted by Crippen LogP contribution is -2.41. The molecule has 0 aromatic heterocycles. The van der Waals surface area contributed by atoms with Gasteiger partial charge in [-0.25, -0.2) is 0 Å². The number of hydrogen-bond acceptors (Lipinski definition) is 5. The maximum atomic E-state index is 5.93. The summed E-state index contributed by atoms with van der Waals surface area (Å²) in [6.07, 6.45) is 3.31.